The first-order chi connectivity index (χ1) is 24.1. The molecule has 2 aliphatic carbocycles. The van der Waals surface area contributed by atoms with Crippen LogP contribution in [0.1, 0.15) is 87.4 Å². The van der Waals surface area contributed by atoms with Crippen LogP contribution in [0.15, 0.2) is 43.5 Å². The van der Waals surface area contributed by atoms with Crippen LogP contribution in [0.25, 0.3) is 0 Å². The van der Waals surface area contributed by atoms with Gasteiger partial charge in [0, 0.05) is 24.7 Å². The van der Waals surface area contributed by atoms with E-state index in [-0.39, 0.29) is 60.6 Å². The van der Waals surface area contributed by atoms with Crippen molar-refractivity contribution in [3.05, 3.63) is 49.1 Å². The summed E-state index contributed by atoms with van der Waals surface area (Å²) in [5.41, 5.74) is 0.0584. The van der Waals surface area contributed by atoms with E-state index in [1.54, 1.807) is 0 Å². The van der Waals surface area contributed by atoms with Crippen LogP contribution in [0.5, 0.6) is 11.5 Å². The first-order valence-electron chi connectivity index (χ1n) is 17.2. The highest BCUT2D eigenvalue weighted by Gasteiger charge is 2.33. The Balaban J connectivity index is 1.35. The van der Waals surface area contributed by atoms with Crippen molar-refractivity contribution in [2.75, 3.05) is 26.4 Å². The van der Waals surface area contributed by atoms with E-state index in [1.807, 2.05) is 0 Å². The molecule has 1 N–H and O–H groups in total. The minimum atomic E-state index is -0.955. The van der Waals surface area contributed by atoms with Gasteiger partial charge in [-0.1, -0.05) is 13.2 Å². The molecule has 0 aromatic heterocycles. The fourth-order valence-corrected chi connectivity index (χ4v) is 5.87. The average Bonchev–Trinajstić information content (AvgIpc) is 3.14. The zero-order valence-electron chi connectivity index (χ0n) is 28.4. The number of esters is 5. The molecule has 13 nitrogen and oxygen atoms in total. The molecule has 0 saturated heterocycles. The molecule has 1 aromatic rings. The summed E-state index contributed by atoms with van der Waals surface area (Å²) in [5.74, 6) is -3.29. The number of hydrogen-bond donors (Lipinski definition) is 1. The van der Waals surface area contributed by atoms with Crippen LogP contribution in [0.3, 0.4) is 0 Å². The molecule has 274 valence electrons. The summed E-state index contributed by atoms with van der Waals surface area (Å²) in [5, 5.41) is 10.4. The van der Waals surface area contributed by atoms with E-state index >= 15 is 0 Å². The SMILES string of the molecule is C=CC(=O)OCCCCOC(=O)[C@H]1CC[C@H](C(=O)Oc2ccc(OC(=O)[C@H]3CC[C@H](C(O)OCCCCOC(=O)C=C)CC3)cc2C=O)CC1. The van der Waals surface area contributed by atoms with Crippen LogP contribution < -0.4 is 9.47 Å². The number of hydrogen-bond acceptors (Lipinski definition) is 13. The van der Waals surface area contributed by atoms with Crippen molar-refractivity contribution in [3.63, 3.8) is 0 Å². The number of carbonyl (C=O) groups is 6. The number of benzene rings is 1. The first-order valence-corrected chi connectivity index (χ1v) is 17.2. The van der Waals surface area contributed by atoms with Crippen LogP contribution in [0.2, 0.25) is 0 Å². The number of aldehydes is 1. The molecule has 2 aliphatic rings. The third-order valence-corrected chi connectivity index (χ3v) is 8.87. The molecule has 0 aliphatic heterocycles. The van der Waals surface area contributed by atoms with Crippen molar-refractivity contribution >= 4 is 36.1 Å². The zero-order chi connectivity index (χ0) is 36.3. The third-order valence-electron chi connectivity index (χ3n) is 8.87. The number of unbranched alkanes of at least 4 members (excludes halogenated alkanes) is 2. The number of carbonyl (C=O) groups excluding carboxylic acids is 6. The van der Waals surface area contributed by atoms with Gasteiger partial charge in [0.15, 0.2) is 12.6 Å². The number of aliphatic hydroxyl groups excluding tert-OH is 1. The molecular formula is C37H48O13. The molecule has 0 amide bonds. The second-order valence-electron chi connectivity index (χ2n) is 12.4. The molecule has 0 radical (unpaired) electrons. The molecule has 0 bridgehead atoms. The largest absolute Gasteiger partial charge is 0.465 e. The Morgan fingerprint density at radius 2 is 1.16 bits per heavy atom. The van der Waals surface area contributed by atoms with Gasteiger partial charge in [0.05, 0.1) is 43.1 Å². The maximum Gasteiger partial charge on any atom is 0.330 e. The molecule has 0 heterocycles. The van der Waals surface area contributed by atoms with Gasteiger partial charge >= 0.3 is 29.8 Å². The van der Waals surface area contributed by atoms with E-state index in [1.165, 1.54) is 18.2 Å². The summed E-state index contributed by atoms with van der Waals surface area (Å²) in [6, 6.07) is 4.23. The Labute approximate surface area is 292 Å². The molecule has 1 aromatic carbocycles. The lowest BCUT2D eigenvalue weighted by Crippen LogP contribution is -2.32. The van der Waals surface area contributed by atoms with E-state index in [2.05, 4.69) is 13.2 Å². The molecule has 2 saturated carbocycles. The summed E-state index contributed by atoms with van der Waals surface area (Å²) in [6.45, 7) is 7.67. The number of rotatable bonds is 20. The summed E-state index contributed by atoms with van der Waals surface area (Å²) in [6.07, 6.45) is 8.05. The second-order valence-corrected chi connectivity index (χ2v) is 12.4. The van der Waals surface area contributed by atoms with Crippen LogP contribution in [-0.2, 0) is 42.9 Å². The van der Waals surface area contributed by atoms with Gasteiger partial charge < -0.3 is 33.5 Å². The van der Waals surface area contributed by atoms with Crippen LogP contribution in [0, 0.1) is 23.7 Å². The summed E-state index contributed by atoms with van der Waals surface area (Å²) < 4.78 is 31.7. The molecule has 1 unspecified atom stereocenters. The van der Waals surface area contributed by atoms with Crippen LogP contribution >= 0.6 is 0 Å². The predicted octanol–water partition coefficient (Wildman–Crippen LogP) is 4.82. The number of aliphatic hydroxyl groups is 1. The second kappa shape index (κ2) is 21.7. The van der Waals surface area contributed by atoms with Gasteiger partial charge in [0.25, 0.3) is 0 Å². The zero-order valence-corrected chi connectivity index (χ0v) is 28.4. The number of ether oxygens (including phenoxy) is 6. The Kier molecular flexibility index (Phi) is 17.4. The van der Waals surface area contributed by atoms with Crippen molar-refractivity contribution in [3.8, 4) is 11.5 Å². The van der Waals surface area contributed by atoms with Crippen molar-refractivity contribution in [2.45, 2.75) is 83.3 Å². The van der Waals surface area contributed by atoms with Gasteiger partial charge in [0.2, 0.25) is 0 Å². The van der Waals surface area contributed by atoms with Crippen LogP contribution in [0.4, 0.5) is 0 Å². The molecule has 0 spiro atoms. The molecule has 3 rings (SSSR count). The highest BCUT2D eigenvalue weighted by Crippen LogP contribution is 2.34. The average molecular weight is 701 g/mol. The normalized spacial score (nSPS) is 20.7. The minimum Gasteiger partial charge on any atom is -0.465 e. The third kappa shape index (κ3) is 13.5. The van der Waals surface area contributed by atoms with Gasteiger partial charge in [0.1, 0.15) is 11.5 Å². The van der Waals surface area contributed by atoms with E-state index in [0.29, 0.717) is 89.9 Å². The fourth-order valence-electron chi connectivity index (χ4n) is 5.87. The molecule has 1 atom stereocenters. The lowest BCUT2D eigenvalue weighted by Gasteiger charge is -2.30. The Bertz CT molecular complexity index is 1320. The summed E-state index contributed by atoms with van der Waals surface area (Å²) in [7, 11) is 0. The highest BCUT2D eigenvalue weighted by molar-refractivity contribution is 5.85. The first kappa shape index (κ1) is 40.1. The van der Waals surface area contributed by atoms with Crippen LogP contribution in [-0.4, -0.2) is 74.0 Å². The minimum absolute atomic E-state index is 0.0531. The predicted molar refractivity (Wildman–Crippen MR) is 178 cm³/mol. The van der Waals surface area contributed by atoms with Gasteiger partial charge in [-0.25, -0.2) is 9.59 Å². The monoisotopic (exact) mass is 700 g/mol. The maximum atomic E-state index is 12.9. The van der Waals surface area contributed by atoms with Crippen molar-refractivity contribution < 1.29 is 62.3 Å². The standard InChI is InChI=1S/C37H48O13/c1-3-32(39)45-19-5-7-21-47-34(41)25-9-13-27(14-10-25)36(43)49-30-17-18-31(29(23-30)24-38)50-37(44)28-15-11-26(12-16-28)35(42)48-22-8-6-20-46-33(40)4-2/h3-4,17-18,23-28,34,41H,1-2,5-16,19-22H2/t25-,26-,27-,28-,34?. The van der Waals surface area contributed by atoms with Gasteiger partial charge in [-0.05, 0) is 95.2 Å². The Hall–Kier alpha value is -4.36. The Morgan fingerprint density at radius 3 is 1.70 bits per heavy atom. The quantitative estimate of drug-likeness (QED) is 0.0373. The van der Waals surface area contributed by atoms with Gasteiger partial charge in [-0.3, -0.25) is 19.2 Å². The van der Waals surface area contributed by atoms with E-state index in [9.17, 15) is 33.9 Å². The van der Waals surface area contributed by atoms with E-state index in [4.69, 9.17) is 28.4 Å². The molecule has 13 heteroatoms. The fraction of sp³-hybridized carbons (Fsp3) is 0.568. The van der Waals surface area contributed by atoms with E-state index < -0.39 is 36.1 Å². The summed E-state index contributed by atoms with van der Waals surface area (Å²) in [4.78, 5) is 72.1. The molecular weight excluding hydrogens is 652 g/mol. The topological polar surface area (TPSA) is 178 Å². The highest BCUT2D eigenvalue weighted by atomic mass is 16.6. The smallest absolute Gasteiger partial charge is 0.330 e. The lowest BCUT2D eigenvalue weighted by atomic mass is 9.81. The molecule has 50 heavy (non-hydrogen) atoms. The lowest BCUT2D eigenvalue weighted by molar-refractivity contribution is -0.152. The maximum absolute atomic E-state index is 12.9. The van der Waals surface area contributed by atoms with E-state index in [0.717, 1.165) is 12.2 Å². The van der Waals surface area contributed by atoms with Crippen molar-refractivity contribution in [2.24, 2.45) is 23.7 Å². The Morgan fingerprint density at radius 1 is 0.680 bits per heavy atom. The van der Waals surface area contributed by atoms with Crippen molar-refractivity contribution in [1.82, 2.24) is 0 Å². The van der Waals surface area contributed by atoms with Gasteiger partial charge in [-0.15, -0.1) is 0 Å². The molecule has 2 fully saturated rings. The van der Waals surface area contributed by atoms with Crippen molar-refractivity contribution in [1.29, 1.82) is 0 Å². The van der Waals surface area contributed by atoms with Gasteiger partial charge in [-0.2, -0.15) is 0 Å². The summed E-state index contributed by atoms with van der Waals surface area (Å²) >= 11 is 0.